The van der Waals surface area contributed by atoms with Crippen LogP contribution in [0.25, 0.3) is 11.0 Å². The van der Waals surface area contributed by atoms with Crippen LogP contribution in [0.3, 0.4) is 0 Å². The molecular formula is C20H22F3N5O. The molecule has 0 saturated carbocycles. The molecule has 0 bridgehead atoms. The summed E-state index contributed by atoms with van der Waals surface area (Å²) in [6.45, 7) is 3.15. The van der Waals surface area contributed by atoms with Crippen LogP contribution in [0.1, 0.15) is 18.3 Å². The normalized spacial score (nSPS) is 12.2. The van der Waals surface area contributed by atoms with Gasteiger partial charge in [-0.3, -0.25) is 0 Å². The van der Waals surface area contributed by atoms with Gasteiger partial charge in [-0.25, -0.2) is 9.98 Å². The number of rotatable bonds is 7. The number of aliphatic imine (C=N–C) groups is 1. The van der Waals surface area contributed by atoms with E-state index in [-0.39, 0.29) is 12.3 Å². The van der Waals surface area contributed by atoms with Gasteiger partial charge in [0.1, 0.15) is 11.6 Å². The molecule has 0 aliphatic heterocycles. The molecule has 0 spiro atoms. The van der Waals surface area contributed by atoms with Crippen LogP contribution in [-0.2, 0) is 13.0 Å². The van der Waals surface area contributed by atoms with E-state index in [4.69, 9.17) is 0 Å². The van der Waals surface area contributed by atoms with Crippen molar-refractivity contribution in [2.24, 2.45) is 4.99 Å². The highest BCUT2D eigenvalue weighted by Crippen LogP contribution is 2.26. The maximum Gasteiger partial charge on any atom is 0.573 e. The summed E-state index contributed by atoms with van der Waals surface area (Å²) in [4.78, 5) is 12.1. The lowest BCUT2D eigenvalue weighted by atomic mass is 10.2. The van der Waals surface area contributed by atoms with Crippen LogP contribution < -0.4 is 15.4 Å². The van der Waals surface area contributed by atoms with Crippen molar-refractivity contribution < 1.29 is 17.9 Å². The second-order valence-electron chi connectivity index (χ2n) is 6.23. The molecule has 1 aromatic heterocycles. The van der Waals surface area contributed by atoms with Gasteiger partial charge in [0.05, 0.1) is 17.6 Å². The number of alkyl halides is 3. The average Bonchev–Trinajstić information content (AvgIpc) is 3.08. The van der Waals surface area contributed by atoms with Gasteiger partial charge in [0.15, 0.2) is 5.96 Å². The molecule has 29 heavy (non-hydrogen) atoms. The zero-order chi connectivity index (χ0) is 20.7. The number of ether oxygens (including phenoxy) is 1. The molecule has 154 valence electrons. The molecule has 1 heterocycles. The largest absolute Gasteiger partial charge is 0.573 e. The topological polar surface area (TPSA) is 74.3 Å². The highest BCUT2D eigenvalue weighted by molar-refractivity contribution is 5.79. The number of nitrogens with zero attached hydrogens (tertiary/aromatic N) is 2. The molecule has 0 radical (unpaired) electrons. The van der Waals surface area contributed by atoms with Crippen molar-refractivity contribution in [1.82, 2.24) is 20.6 Å². The number of hydrogen-bond donors (Lipinski definition) is 3. The Labute approximate surface area is 166 Å². The Bertz CT molecular complexity index is 935. The molecule has 0 amide bonds. The molecule has 0 unspecified atom stereocenters. The third kappa shape index (κ3) is 6.13. The Balaban J connectivity index is 1.61. The Kier molecular flexibility index (Phi) is 6.58. The van der Waals surface area contributed by atoms with Crippen molar-refractivity contribution >= 4 is 17.0 Å². The first-order valence-electron chi connectivity index (χ1n) is 9.24. The summed E-state index contributed by atoms with van der Waals surface area (Å²) in [6, 6.07) is 13.8. The first-order chi connectivity index (χ1) is 13.9. The van der Waals surface area contributed by atoms with Gasteiger partial charge in [-0.2, -0.15) is 0 Å². The molecule has 3 N–H and O–H groups in total. The maximum absolute atomic E-state index is 12.6. The number of guanidine groups is 1. The van der Waals surface area contributed by atoms with E-state index in [9.17, 15) is 13.2 Å². The predicted molar refractivity (Wildman–Crippen MR) is 106 cm³/mol. The van der Waals surface area contributed by atoms with Crippen molar-refractivity contribution in [1.29, 1.82) is 0 Å². The standard InChI is InChI=1S/C20H22F3N5O/c1-2-24-19(25-12-11-18-27-15-8-4-5-9-16(15)28-18)26-13-14-7-3-6-10-17(14)29-20(21,22)23/h3-10H,2,11-13H2,1H3,(H,27,28)(H2,24,25,26). The van der Waals surface area contributed by atoms with Crippen LogP contribution in [0.15, 0.2) is 53.5 Å². The Morgan fingerprint density at radius 3 is 2.62 bits per heavy atom. The number of benzene rings is 2. The van der Waals surface area contributed by atoms with E-state index in [1.807, 2.05) is 31.2 Å². The fourth-order valence-electron chi connectivity index (χ4n) is 2.79. The molecule has 0 saturated heterocycles. The zero-order valence-electron chi connectivity index (χ0n) is 15.9. The third-order valence-corrected chi connectivity index (χ3v) is 4.04. The van der Waals surface area contributed by atoms with Crippen molar-refractivity contribution in [3.05, 3.63) is 59.9 Å². The van der Waals surface area contributed by atoms with Crippen molar-refractivity contribution in [3.8, 4) is 5.75 Å². The van der Waals surface area contributed by atoms with Gasteiger partial charge < -0.3 is 20.4 Å². The zero-order valence-corrected chi connectivity index (χ0v) is 15.9. The first kappa shape index (κ1) is 20.5. The molecule has 0 fully saturated rings. The lowest BCUT2D eigenvalue weighted by molar-refractivity contribution is -0.274. The van der Waals surface area contributed by atoms with Gasteiger partial charge in [0.25, 0.3) is 0 Å². The monoisotopic (exact) mass is 405 g/mol. The van der Waals surface area contributed by atoms with E-state index in [2.05, 4.69) is 30.3 Å². The smallest absolute Gasteiger partial charge is 0.405 e. The van der Waals surface area contributed by atoms with Crippen molar-refractivity contribution in [3.63, 3.8) is 0 Å². The number of fused-ring (bicyclic) bond motifs is 1. The lowest BCUT2D eigenvalue weighted by Crippen LogP contribution is -2.38. The van der Waals surface area contributed by atoms with Gasteiger partial charge in [0, 0.05) is 25.1 Å². The number of H-pyrrole nitrogens is 1. The molecule has 9 heteroatoms. The summed E-state index contributed by atoms with van der Waals surface area (Å²) in [5, 5.41) is 6.25. The summed E-state index contributed by atoms with van der Waals surface area (Å²) in [6.07, 6.45) is -4.10. The quantitative estimate of drug-likeness (QED) is 0.413. The molecule has 3 aromatic rings. The van der Waals surface area contributed by atoms with Crippen molar-refractivity contribution in [2.75, 3.05) is 13.1 Å². The minimum Gasteiger partial charge on any atom is -0.405 e. The lowest BCUT2D eigenvalue weighted by Gasteiger charge is -2.13. The van der Waals surface area contributed by atoms with Gasteiger partial charge in [0.2, 0.25) is 0 Å². The van der Waals surface area contributed by atoms with Gasteiger partial charge in [-0.1, -0.05) is 30.3 Å². The SMILES string of the molecule is CCNC(=NCc1ccccc1OC(F)(F)F)NCCc1nc2ccccc2[nH]1. The Morgan fingerprint density at radius 1 is 1.10 bits per heavy atom. The highest BCUT2D eigenvalue weighted by Gasteiger charge is 2.31. The van der Waals surface area contributed by atoms with Crippen LogP contribution in [-0.4, -0.2) is 35.4 Å². The summed E-state index contributed by atoms with van der Waals surface area (Å²) >= 11 is 0. The van der Waals surface area contributed by atoms with E-state index in [1.165, 1.54) is 12.1 Å². The highest BCUT2D eigenvalue weighted by atomic mass is 19.4. The molecule has 0 aliphatic carbocycles. The van der Waals surface area contributed by atoms with E-state index in [1.54, 1.807) is 12.1 Å². The van der Waals surface area contributed by atoms with E-state index in [0.29, 0.717) is 31.0 Å². The average molecular weight is 405 g/mol. The van der Waals surface area contributed by atoms with Crippen LogP contribution in [0.4, 0.5) is 13.2 Å². The molecule has 0 aliphatic rings. The van der Waals surface area contributed by atoms with Gasteiger partial charge >= 0.3 is 6.36 Å². The second-order valence-corrected chi connectivity index (χ2v) is 6.23. The second kappa shape index (κ2) is 9.31. The number of hydrogen-bond acceptors (Lipinski definition) is 3. The Hall–Kier alpha value is -3.23. The Morgan fingerprint density at radius 2 is 1.86 bits per heavy atom. The molecule has 3 rings (SSSR count). The van der Waals surface area contributed by atoms with Crippen LogP contribution in [0.5, 0.6) is 5.75 Å². The summed E-state index contributed by atoms with van der Waals surface area (Å²) in [7, 11) is 0. The summed E-state index contributed by atoms with van der Waals surface area (Å²) in [5.74, 6) is 1.10. The van der Waals surface area contributed by atoms with Gasteiger partial charge in [-0.05, 0) is 25.1 Å². The van der Waals surface area contributed by atoms with Gasteiger partial charge in [-0.15, -0.1) is 13.2 Å². The molecule has 2 aromatic carbocycles. The maximum atomic E-state index is 12.6. The fourth-order valence-corrected chi connectivity index (χ4v) is 2.79. The van der Waals surface area contributed by atoms with Crippen LogP contribution >= 0.6 is 0 Å². The number of aromatic amines is 1. The number of aromatic nitrogens is 2. The summed E-state index contributed by atoms with van der Waals surface area (Å²) in [5.41, 5.74) is 2.23. The number of imidazole rings is 1. The van der Waals surface area contributed by atoms with E-state index in [0.717, 1.165) is 16.9 Å². The molecule has 6 nitrogen and oxygen atoms in total. The van der Waals surface area contributed by atoms with E-state index >= 15 is 0 Å². The minimum atomic E-state index is -4.74. The number of nitrogens with one attached hydrogen (secondary N) is 3. The predicted octanol–water partition coefficient (Wildman–Crippen LogP) is 3.76. The van der Waals surface area contributed by atoms with Crippen LogP contribution in [0.2, 0.25) is 0 Å². The van der Waals surface area contributed by atoms with Crippen molar-refractivity contribution in [2.45, 2.75) is 26.3 Å². The molecular weight excluding hydrogens is 383 g/mol. The minimum absolute atomic E-state index is 0.0478. The number of para-hydroxylation sites is 3. The fraction of sp³-hybridized carbons (Fsp3) is 0.300. The molecule has 0 atom stereocenters. The van der Waals surface area contributed by atoms with Crippen LogP contribution in [0, 0.1) is 0 Å². The van der Waals surface area contributed by atoms with E-state index < -0.39 is 6.36 Å². The summed E-state index contributed by atoms with van der Waals surface area (Å²) < 4.78 is 41.7. The number of halogens is 3. The third-order valence-electron chi connectivity index (χ3n) is 4.04. The first-order valence-corrected chi connectivity index (χ1v) is 9.24.